The molecule has 2 amide bonds. The van der Waals surface area contributed by atoms with Crippen LogP contribution in [0.4, 0.5) is 0 Å². The molecule has 1 aliphatic rings. The van der Waals surface area contributed by atoms with Crippen LogP contribution in [0.25, 0.3) is 0 Å². The molecule has 2 heterocycles. The monoisotopic (exact) mass is 354 g/mol. The minimum atomic E-state index is -0.323. The Bertz CT molecular complexity index is 741. The number of amides is 2. The minimum Gasteiger partial charge on any atom is -0.439 e. The summed E-state index contributed by atoms with van der Waals surface area (Å²) in [5.41, 5.74) is 5.70. The van der Waals surface area contributed by atoms with Crippen LogP contribution in [0.5, 0.6) is 11.6 Å². The molecule has 2 aromatic rings. The summed E-state index contributed by atoms with van der Waals surface area (Å²) < 4.78 is 5.62. The lowest BCUT2D eigenvalue weighted by Gasteiger charge is -2.31. The van der Waals surface area contributed by atoms with Gasteiger partial charge in [-0.05, 0) is 31.0 Å². The lowest BCUT2D eigenvalue weighted by atomic mass is 10.0. The van der Waals surface area contributed by atoms with E-state index in [-0.39, 0.29) is 24.4 Å². The van der Waals surface area contributed by atoms with Gasteiger partial charge in [0.15, 0.2) is 0 Å². The Morgan fingerprint density at radius 2 is 1.88 bits per heavy atom. The van der Waals surface area contributed by atoms with Crippen molar-refractivity contribution in [3.05, 3.63) is 54.2 Å². The molecule has 0 atom stereocenters. The van der Waals surface area contributed by atoms with Gasteiger partial charge >= 0.3 is 0 Å². The van der Waals surface area contributed by atoms with E-state index in [0.29, 0.717) is 17.2 Å². The number of nitrogens with zero attached hydrogens (tertiary/aromatic N) is 2. The van der Waals surface area contributed by atoms with E-state index >= 15 is 0 Å². The number of carbonyl (C=O) groups is 2. The molecule has 1 aromatic carbocycles. The van der Waals surface area contributed by atoms with Crippen molar-refractivity contribution in [1.82, 2.24) is 15.2 Å². The summed E-state index contributed by atoms with van der Waals surface area (Å²) in [4.78, 5) is 29.5. The minimum absolute atomic E-state index is 0.0897. The third-order valence-electron chi connectivity index (χ3n) is 4.27. The quantitative estimate of drug-likeness (QED) is 0.820. The summed E-state index contributed by atoms with van der Waals surface area (Å²) in [6, 6.07) is 12.8. The van der Waals surface area contributed by atoms with Gasteiger partial charge in [0.05, 0.1) is 12.1 Å². The number of nitrogens with two attached hydrogens (primary N) is 1. The molecule has 0 saturated carbocycles. The van der Waals surface area contributed by atoms with Crippen molar-refractivity contribution in [2.75, 3.05) is 19.6 Å². The number of rotatable bonds is 6. The molecular formula is C19H22N4O3. The van der Waals surface area contributed by atoms with Crippen LogP contribution in [0.1, 0.15) is 23.2 Å². The largest absolute Gasteiger partial charge is 0.439 e. The van der Waals surface area contributed by atoms with Gasteiger partial charge in [-0.2, -0.15) is 0 Å². The van der Waals surface area contributed by atoms with Gasteiger partial charge in [0.2, 0.25) is 11.8 Å². The molecular weight excluding hydrogens is 332 g/mol. The fraction of sp³-hybridized carbons (Fsp3) is 0.316. The predicted molar refractivity (Wildman–Crippen MR) is 96.9 cm³/mol. The van der Waals surface area contributed by atoms with Crippen LogP contribution in [-0.2, 0) is 4.79 Å². The van der Waals surface area contributed by atoms with E-state index < -0.39 is 0 Å². The first-order valence-electron chi connectivity index (χ1n) is 8.60. The summed E-state index contributed by atoms with van der Waals surface area (Å²) in [7, 11) is 0. The Morgan fingerprint density at radius 3 is 2.50 bits per heavy atom. The van der Waals surface area contributed by atoms with Crippen LogP contribution in [0, 0.1) is 0 Å². The molecule has 0 aliphatic carbocycles. The van der Waals surface area contributed by atoms with Gasteiger partial charge in [0.1, 0.15) is 5.75 Å². The van der Waals surface area contributed by atoms with Gasteiger partial charge in [0, 0.05) is 31.4 Å². The molecule has 0 bridgehead atoms. The number of likely N-dealkylation sites (tertiary alicyclic amines) is 1. The molecule has 3 rings (SSSR count). The van der Waals surface area contributed by atoms with E-state index in [1.807, 2.05) is 35.2 Å². The SMILES string of the molecule is NC(=O)CN1CCC(NC(=O)c2ccc(Oc3ccccc3)nc2)CC1. The zero-order chi connectivity index (χ0) is 18.4. The number of piperidine rings is 1. The fourth-order valence-electron chi connectivity index (χ4n) is 2.91. The zero-order valence-corrected chi connectivity index (χ0v) is 14.4. The molecule has 1 aliphatic heterocycles. The number of aromatic nitrogens is 1. The molecule has 1 aromatic heterocycles. The Hall–Kier alpha value is -2.93. The van der Waals surface area contributed by atoms with Crippen molar-refractivity contribution in [1.29, 1.82) is 0 Å². The fourth-order valence-corrected chi connectivity index (χ4v) is 2.91. The third-order valence-corrected chi connectivity index (χ3v) is 4.27. The van der Waals surface area contributed by atoms with Gasteiger partial charge in [0.25, 0.3) is 5.91 Å². The van der Waals surface area contributed by atoms with Crippen LogP contribution in [0.3, 0.4) is 0 Å². The van der Waals surface area contributed by atoms with Crippen LogP contribution >= 0.6 is 0 Å². The van der Waals surface area contributed by atoms with Gasteiger partial charge in [-0.15, -0.1) is 0 Å². The highest BCUT2D eigenvalue weighted by molar-refractivity contribution is 5.94. The molecule has 7 heteroatoms. The highest BCUT2D eigenvalue weighted by Crippen LogP contribution is 2.18. The first-order chi connectivity index (χ1) is 12.6. The zero-order valence-electron chi connectivity index (χ0n) is 14.4. The molecule has 1 fully saturated rings. The standard InChI is InChI=1S/C19H22N4O3/c20-17(24)13-23-10-8-15(9-11-23)22-19(25)14-6-7-18(21-12-14)26-16-4-2-1-3-5-16/h1-7,12,15H,8-11,13H2,(H2,20,24)(H,22,25). The van der Waals surface area contributed by atoms with Gasteiger partial charge < -0.3 is 15.8 Å². The Morgan fingerprint density at radius 1 is 1.15 bits per heavy atom. The van der Waals surface area contributed by atoms with E-state index in [1.54, 1.807) is 12.1 Å². The smallest absolute Gasteiger partial charge is 0.253 e. The predicted octanol–water partition coefficient (Wildman–Crippen LogP) is 1.55. The van der Waals surface area contributed by atoms with E-state index in [0.717, 1.165) is 25.9 Å². The molecule has 0 unspecified atom stereocenters. The van der Waals surface area contributed by atoms with Crippen molar-refractivity contribution in [3.8, 4) is 11.6 Å². The maximum Gasteiger partial charge on any atom is 0.253 e. The van der Waals surface area contributed by atoms with E-state index in [4.69, 9.17) is 10.5 Å². The first-order valence-corrected chi connectivity index (χ1v) is 8.60. The Balaban J connectivity index is 1.50. The number of hydrogen-bond acceptors (Lipinski definition) is 5. The molecule has 26 heavy (non-hydrogen) atoms. The van der Waals surface area contributed by atoms with Crippen LogP contribution in [0.2, 0.25) is 0 Å². The number of pyridine rings is 1. The molecule has 1 saturated heterocycles. The summed E-state index contributed by atoms with van der Waals surface area (Å²) in [6.07, 6.45) is 3.10. The Labute approximate surface area is 152 Å². The average Bonchev–Trinajstić information content (AvgIpc) is 2.64. The maximum atomic E-state index is 12.4. The lowest BCUT2D eigenvalue weighted by molar-refractivity contribution is -0.119. The number of para-hydroxylation sites is 1. The molecule has 7 nitrogen and oxygen atoms in total. The number of ether oxygens (including phenoxy) is 1. The van der Waals surface area contributed by atoms with E-state index in [2.05, 4.69) is 10.3 Å². The topological polar surface area (TPSA) is 97.6 Å². The molecule has 3 N–H and O–H groups in total. The first kappa shape index (κ1) is 17.9. The second-order valence-corrected chi connectivity index (χ2v) is 6.29. The summed E-state index contributed by atoms with van der Waals surface area (Å²) >= 11 is 0. The van der Waals surface area contributed by atoms with Gasteiger partial charge in [-0.25, -0.2) is 4.98 Å². The van der Waals surface area contributed by atoms with Gasteiger partial charge in [-0.1, -0.05) is 18.2 Å². The molecule has 0 spiro atoms. The number of benzene rings is 1. The maximum absolute atomic E-state index is 12.4. The normalized spacial score (nSPS) is 15.4. The summed E-state index contributed by atoms with van der Waals surface area (Å²) in [6.45, 7) is 1.76. The van der Waals surface area contributed by atoms with Crippen LogP contribution < -0.4 is 15.8 Å². The van der Waals surface area contributed by atoms with Crippen molar-refractivity contribution < 1.29 is 14.3 Å². The summed E-state index contributed by atoms with van der Waals surface area (Å²) in [5.74, 6) is 0.654. The van der Waals surface area contributed by atoms with Crippen molar-refractivity contribution in [2.24, 2.45) is 5.73 Å². The lowest BCUT2D eigenvalue weighted by Crippen LogP contribution is -2.46. The van der Waals surface area contributed by atoms with Gasteiger partial charge in [-0.3, -0.25) is 14.5 Å². The van der Waals surface area contributed by atoms with Crippen molar-refractivity contribution in [2.45, 2.75) is 18.9 Å². The van der Waals surface area contributed by atoms with Crippen LogP contribution in [-0.4, -0.2) is 47.4 Å². The second-order valence-electron chi connectivity index (χ2n) is 6.29. The highest BCUT2D eigenvalue weighted by atomic mass is 16.5. The number of primary amides is 1. The van der Waals surface area contributed by atoms with Crippen LogP contribution in [0.15, 0.2) is 48.7 Å². The van der Waals surface area contributed by atoms with Crippen molar-refractivity contribution in [3.63, 3.8) is 0 Å². The molecule has 0 radical (unpaired) electrons. The molecule has 136 valence electrons. The number of hydrogen-bond donors (Lipinski definition) is 2. The van der Waals surface area contributed by atoms with E-state index in [1.165, 1.54) is 6.20 Å². The van der Waals surface area contributed by atoms with Crippen molar-refractivity contribution >= 4 is 11.8 Å². The third kappa shape index (κ3) is 5.03. The highest BCUT2D eigenvalue weighted by Gasteiger charge is 2.22. The Kier molecular flexibility index (Phi) is 5.80. The number of nitrogens with one attached hydrogen (secondary N) is 1. The average molecular weight is 354 g/mol. The van der Waals surface area contributed by atoms with E-state index in [9.17, 15) is 9.59 Å². The number of carbonyl (C=O) groups excluding carboxylic acids is 2. The second kappa shape index (κ2) is 8.44. The summed E-state index contributed by atoms with van der Waals surface area (Å²) in [5, 5.41) is 3.02.